The molecule has 1 aliphatic rings. The van der Waals surface area contributed by atoms with Gasteiger partial charge in [-0.05, 0) is 37.0 Å². The van der Waals surface area contributed by atoms with Crippen LogP contribution >= 0.6 is 0 Å². The van der Waals surface area contributed by atoms with E-state index in [0.29, 0.717) is 0 Å². The molecular formula is C13H18O2. The zero-order valence-electron chi connectivity index (χ0n) is 9.42. The summed E-state index contributed by atoms with van der Waals surface area (Å²) in [4.78, 5) is 0. The summed E-state index contributed by atoms with van der Waals surface area (Å²) in [5.41, 5.74) is 2.45. The maximum absolute atomic E-state index is 9.54. The Morgan fingerprint density at radius 1 is 1.40 bits per heavy atom. The van der Waals surface area contributed by atoms with E-state index in [4.69, 9.17) is 4.74 Å². The van der Waals surface area contributed by atoms with E-state index in [-0.39, 0.29) is 12.0 Å². The summed E-state index contributed by atoms with van der Waals surface area (Å²) >= 11 is 0. The number of benzene rings is 1. The Balaban J connectivity index is 2.43. The van der Waals surface area contributed by atoms with Crippen molar-refractivity contribution < 1.29 is 9.84 Å². The molecule has 1 saturated carbocycles. The molecule has 1 fully saturated rings. The third-order valence-electron chi connectivity index (χ3n) is 3.69. The third kappa shape index (κ3) is 1.53. The molecule has 2 heteroatoms. The minimum absolute atomic E-state index is 0.0125. The SMILES string of the molecule is COc1cccc(C2(CO)CCC2)c1C. The lowest BCUT2D eigenvalue weighted by Crippen LogP contribution is -2.38. The van der Waals surface area contributed by atoms with Crippen molar-refractivity contribution in [2.24, 2.45) is 0 Å². The molecule has 0 aliphatic heterocycles. The van der Waals surface area contributed by atoms with Crippen molar-refractivity contribution in [2.75, 3.05) is 13.7 Å². The first-order valence-electron chi connectivity index (χ1n) is 5.48. The number of rotatable bonds is 3. The molecule has 0 atom stereocenters. The lowest BCUT2D eigenvalue weighted by Gasteiger charge is -2.42. The molecule has 0 aromatic heterocycles. The standard InChI is InChI=1S/C13H18O2/c1-10-11(5-3-6-12(10)15-2)13(9-14)7-4-8-13/h3,5-6,14H,4,7-9H2,1-2H3. The average molecular weight is 206 g/mol. The Morgan fingerprint density at radius 2 is 2.13 bits per heavy atom. The average Bonchev–Trinajstić information content (AvgIpc) is 2.20. The first-order valence-corrected chi connectivity index (χ1v) is 5.48. The Kier molecular flexibility index (Phi) is 2.70. The van der Waals surface area contributed by atoms with Gasteiger partial charge >= 0.3 is 0 Å². The van der Waals surface area contributed by atoms with Crippen LogP contribution in [0.4, 0.5) is 0 Å². The van der Waals surface area contributed by atoms with Crippen LogP contribution in [0.3, 0.4) is 0 Å². The number of hydrogen-bond acceptors (Lipinski definition) is 2. The second-order valence-corrected chi connectivity index (χ2v) is 4.42. The molecule has 1 aromatic carbocycles. The van der Waals surface area contributed by atoms with Gasteiger partial charge in [0.15, 0.2) is 0 Å². The Morgan fingerprint density at radius 3 is 2.60 bits per heavy atom. The third-order valence-corrected chi connectivity index (χ3v) is 3.69. The van der Waals surface area contributed by atoms with E-state index >= 15 is 0 Å². The van der Waals surface area contributed by atoms with Gasteiger partial charge in [-0.15, -0.1) is 0 Å². The molecule has 1 aliphatic carbocycles. The topological polar surface area (TPSA) is 29.5 Å². The minimum Gasteiger partial charge on any atom is -0.496 e. The fourth-order valence-electron chi connectivity index (χ4n) is 2.53. The van der Waals surface area contributed by atoms with Crippen molar-refractivity contribution in [1.29, 1.82) is 0 Å². The van der Waals surface area contributed by atoms with Crippen LogP contribution in [0, 0.1) is 6.92 Å². The van der Waals surface area contributed by atoms with Crippen molar-refractivity contribution in [3.8, 4) is 5.75 Å². The van der Waals surface area contributed by atoms with Gasteiger partial charge in [0.2, 0.25) is 0 Å². The Hall–Kier alpha value is -1.02. The van der Waals surface area contributed by atoms with Gasteiger partial charge in [-0.2, -0.15) is 0 Å². The van der Waals surface area contributed by atoms with Crippen LogP contribution in [0.5, 0.6) is 5.75 Å². The minimum atomic E-state index is 0.0125. The normalized spacial score (nSPS) is 18.3. The van der Waals surface area contributed by atoms with Gasteiger partial charge in [-0.25, -0.2) is 0 Å². The molecule has 0 spiro atoms. The molecule has 2 rings (SSSR count). The number of aliphatic hydroxyl groups excluding tert-OH is 1. The zero-order chi connectivity index (χ0) is 10.9. The summed E-state index contributed by atoms with van der Waals surface area (Å²) in [5, 5.41) is 9.54. The van der Waals surface area contributed by atoms with E-state index in [1.165, 1.54) is 17.5 Å². The molecule has 0 unspecified atom stereocenters. The Labute approximate surface area is 90.9 Å². The summed E-state index contributed by atoms with van der Waals surface area (Å²) in [7, 11) is 1.69. The van der Waals surface area contributed by atoms with Gasteiger partial charge < -0.3 is 9.84 Å². The van der Waals surface area contributed by atoms with E-state index in [0.717, 1.165) is 18.6 Å². The zero-order valence-corrected chi connectivity index (χ0v) is 9.42. The number of ether oxygens (including phenoxy) is 1. The van der Waals surface area contributed by atoms with Crippen molar-refractivity contribution in [1.82, 2.24) is 0 Å². The number of methoxy groups -OCH3 is 1. The van der Waals surface area contributed by atoms with Crippen LogP contribution in [-0.2, 0) is 5.41 Å². The largest absolute Gasteiger partial charge is 0.496 e. The van der Waals surface area contributed by atoms with E-state index < -0.39 is 0 Å². The summed E-state index contributed by atoms with van der Waals surface area (Å²) in [5.74, 6) is 0.923. The van der Waals surface area contributed by atoms with Crippen LogP contribution in [0.15, 0.2) is 18.2 Å². The maximum atomic E-state index is 9.54. The van der Waals surface area contributed by atoms with Gasteiger partial charge in [-0.3, -0.25) is 0 Å². The van der Waals surface area contributed by atoms with E-state index in [2.05, 4.69) is 13.0 Å². The lowest BCUT2D eigenvalue weighted by molar-refractivity contribution is 0.119. The van der Waals surface area contributed by atoms with Crippen LogP contribution in [0.1, 0.15) is 30.4 Å². The van der Waals surface area contributed by atoms with Gasteiger partial charge in [0.1, 0.15) is 5.75 Å². The highest BCUT2D eigenvalue weighted by Crippen LogP contribution is 2.45. The highest BCUT2D eigenvalue weighted by atomic mass is 16.5. The molecule has 0 radical (unpaired) electrons. The van der Waals surface area contributed by atoms with Crippen LogP contribution in [0.25, 0.3) is 0 Å². The van der Waals surface area contributed by atoms with Crippen molar-refractivity contribution in [3.05, 3.63) is 29.3 Å². The van der Waals surface area contributed by atoms with Crippen LogP contribution in [-0.4, -0.2) is 18.8 Å². The molecular weight excluding hydrogens is 188 g/mol. The Bertz CT molecular complexity index is 348. The molecule has 82 valence electrons. The van der Waals surface area contributed by atoms with Gasteiger partial charge in [-0.1, -0.05) is 18.6 Å². The van der Waals surface area contributed by atoms with Crippen molar-refractivity contribution in [2.45, 2.75) is 31.6 Å². The molecule has 2 nitrogen and oxygen atoms in total. The summed E-state index contributed by atoms with van der Waals surface area (Å²) in [6.45, 7) is 2.32. The van der Waals surface area contributed by atoms with Gasteiger partial charge in [0, 0.05) is 5.41 Å². The van der Waals surface area contributed by atoms with E-state index in [1.54, 1.807) is 7.11 Å². The van der Waals surface area contributed by atoms with Crippen molar-refractivity contribution >= 4 is 0 Å². The fraction of sp³-hybridized carbons (Fsp3) is 0.538. The van der Waals surface area contributed by atoms with E-state index in [9.17, 15) is 5.11 Å². The van der Waals surface area contributed by atoms with Crippen molar-refractivity contribution in [3.63, 3.8) is 0 Å². The molecule has 1 aromatic rings. The second-order valence-electron chi connectivity index (χ2n) is 4.42. The molecule has 0 heterocycles. The number of aliphatic hydroxyl groups is 1. The number of hydrogen-bond donors (Lipinski definition) is 1. The van der Waals surface area contributed by atoms with Crippen LogP contribution < -0.4 is 4.74 Å². The molecule has 0 amide bonds. The van der Waals surface area contributed by atoms with Crippen LogP contribution in [0.2, 0.25) is 0 Å². The highest BCUT2D eigenvalue weighted by molar-refractivity contribution is 5.44. The molecule has 0 saturated heterocycles. The molecule has 1 N–H and O–H groups in total. The predicted octanol–water partition coefficient (Wildman–Crippen LogP) is 2.42. The fourth-order valence-corrected chi connectivity index (χ4v) is 2.53. The smallest absolute Gasteiger partial charge is 0.122 e. The lowest BCUT2D eigenvalue weighted by atomic mass is 9.64. The predicted molar refractivity (Wildman–Crippen MR) is 60.3 cm³/mol. The summed E-state index contributed by atoms with van der Waals surface area (Å²) < 4.78 is 5.31. The first-order chi connectivity index (χ1) is 7.23. The first kappa shape index (κ1) is 10.5. The van der Waals surface area contributed by atoms with Gasteiger partial charge in [0.05, 0.1) is 13.7 Å². The highest BCUT2D eigenvalue weighted by Gasteiger charge is 2.39. The monoisotopic (exact) mass is 206 g/mol. The summed E-state index contributed by atoms with van der Waals surface area (Å²) in [6.07, 6.45) is 3.41. The molecule has 0 bridgehead atoms. The van der Waals surface area contributed by atoms with E-state index in [1.807, 2.05) is 12.1 Å². The van der Waals surface area contributed by atoms with Gasteiger partial charge in [0.25, 0.3) is 0 Å². The quantitative estimate of drug-likeness (QED) is 0.823. The summed E-state index contributed by atoms with van der Waals surface area (Å²) in [6, 6.07) is 6.10. The molecule has 15 heavy (non-hydrogen) atoms. The maximum Gasteiger partial charge on any atom is 0.122 e. The second kappa shape index (κ2) is 3.86.